The summed E-state index contributed by atoms with van der Waals surface area (Å²) in [5, 5.41) is 4.88. The zero-order valence-electron chi connectivity index (χ0n) is 14.4. The molecule has 0 radical (unpaired) electrons. The maximum absolute atomic E-state index is 12.8. The molecule has 0 atom stereocenters. The van der Waals surface area contributed by atoms with Gasteiger partial charge in [0.25, 0.3) is 11.5 Å². The van der Waals surface area contributed by atoms with Crippen molar-refractivity contribution in [2.45, 2.75) is 33.6 Å². The molecule has 0 saturated carbocycles. The van der Waals surface area contributed by atoms with E-state index in [1.165, 1.54) is 16.0 Å². The normalized spacial score (nSPS) is 11.2. The number of fused-ring (bicyclic) bond motifs is 1. The monoisotopic (exact) mass is 379 g/mol. The van der Waals surface area contributed by atoms with Crippen LogP contribution in [0.15, 0.2) is 10.9 Å². The second-order valence-corrected chi connectivity index (χ2v) is 7.29. The molecule has 0 bridgehead atoms. The second kappa shape index (κ2) is 6.61. The summed E-state index contributed by atoms with van der Waals surface area (Å²) >= 11 is 7.65. The number of nitrogens with one attached hydrogen (secondary N) is 1. The quantitative estimate of drug-likeness (QED) is 0.755. The Bertz CT molecular complexity index is 1030. The van der Waals surface area contributed by atoms with Crippen molar-refractivity contribution in [2.24, 2.45) is 7.05 Å². The first-order valence-corrected chi connectivity index (χ1v) is 9.05. The van der Waals surface area contributed by atoms with E-state index in [0.717, 1.165) is 22.4 Å². The average Bonchev–Trinajstić information content (AvgIpc) is 3.05. The van der Waals surface area contributed by atoms with Crippen LogP contribution in [0.2, 0.25) is 5.02 Å². The third kappa shape index (κ3) is 3.07. The van der Waals surface area contributed by atoms with Gasteiger partial charge in [0, 0.05) is 11.9 Å². The number of nitrogens with zero attached hydrogens (tertiary/aromatic N) is 4. The fraction of sp³-hybridized carbons (Fsp3) is 0.375. The van der Waals surface area contributed by atoms with Gasteiger partial charge in [-0.05, 0) is 26.3 Å². The van der Waals surface area contributed by atoms with Crippen LogP contribution in [0, 0.1) is 13.8 Å². The lowest BCUT2D eigenvalue weighted by Crippen LogP contribution is -2.36. The van der Waals surface area contributed by atoms with Crippen LogP contribution in [-0.2, 0) is 13.5 Å². The molecule has 25 heavy (non-hydrogen) atoms. The zero-order valence-corrected chi connectivity index (χ0v) is 16.0. The van der Waals surface area contributed by atoms with Crippen LogP contribution >= 0.6 is 22.9 Å². The Morgan fingerprint density at radius 3 is 2.72 bits per heavy atom. The van der Waals surface area contributed by atoms with Crippen molar-refractivity contribution in [1.29, 1.82) is 0 Å². The lowest BCUT2D eigenvalue weighted by molar-refractivity contribution is 0.0997. The Morgan fingerprint density at radius 2 is 2.12 bits per heavy atom. The summed E-state index contributed by atoms with van der Waals surface area (Å²) in [6.45, 7) is 5.47. The van der Waals surface area contributed by atoms with E-state index in [9.17, 15) is 9.59 Å². The molecular weight excluding hydrogens is 362 g/mol. The standard InChI is InChI=1S/C16H18ClN5O2S/c1-5-6-10-7-11-15(25-10)18-9(3)22(16(11)24)20-14(23)13-12(17)8(2)19-21(13)4/h7H,5-6H2,1-4H3,(H,20,23). The van der Waals surface area contributed by atoms with Crippen LogP contribution in [-0.4, -0.2) is 25.3 Å². The lowest BCUT2D eigenvalue weighted by atomic mass is 10.2. The number of carbonyl (C=O) groups is 1. The SMILES string of the molecule is CCCc1cc2c(=O)n(NC(=O)c3c(Cl)c(C)nn3C)c(C)nc2s1. The van der Waals surface area contributed by atoms with E-state index in [4.69, 9.17) is 11.6 Å². The van der Waals surface area contributed by atoms with E-state index in [0.29, 0.717) is 21.7 Å². The maximum atomic E-state index is 12.8. The van der Waals surface area contributed by atoms with Crippen LogP contribution in [0.5, 0.6) is 0 Å². The second-order valence-electron chi connectivity index (χ2n) is 5.79. The number of aryl methyl sites for hydroxylation is 4. The number of aromatic nitrogens is 4. The van der Waals surface area contributed by atoms with Crippen LogP contribution in [0.25, 0.3) is 10.2 Å². The minimum atomic E-state index is -0.511. The van der Waals surface area contributed by atoms with E-state index < -0.39 is 5.91 Å². The van der Waals surface area contributed by atoms with Crippen molar-refractivity contribution in [3.8, 4) is 0 Å². The molecule has 0 fully saturated rings. The first-order valence-electron chi connectivity index (χ1n) is 7.86. The summed E-state index contributed by atoms with van der Waals surface area (Å²) in [7, 11) is 1.63. The predicted octanol–water partition coefficient (Wildman–Crippen LogP) is 2.80. The first-order chi connectivity index (χ1) is 11.8. The molecule has 0 spiro atoms. The molecule has 1 N–H and O–H groups in total. The van der Waals surface area contributed by atoms with Crippen LogP contribution in [0.1, 0.15) is 40.2 Å². The smallest absolute Gasteiger partial charge is 0.267 e. The highest BCUT2D eigenvalue weighted by atomic mass is 35.5. The van der Waals surface area contributed by atoms with E-state index in [1.807, 2.05) is 6.07 Å². The van der Waals surface area contributed by atoms with Gasteiger partial charge in [0.15, 0.2) is 0 Å². The molecule has 3 heterocycles. The molecule has 3 rings (SSSR count). The molecule has 3 aromatic heterocycles. The Morgan fingerprint density at radius 1 is 1.40 bits per heavy atom. The van der Waals surface area contributed by atoms with Gasteiger partial charge >= 0.3 is 0 Å². The Kier molecular flexibility index (Phi) is 4.66. The molecule has 9 heteroatoms. The molecule has 0 saturated heterocycles. The summed E-state index contributed by atoms with van der Waals surface area (Å²) in [6.07, 6.45) is 1.89. The van der Waals surface area contributed by atoms with Gasteiger partial charge in [0.2, 0.25) is 0 Å². The predicted molar refractivity (Wildman–Crippen MR) is 99.3 cm³/mol. The molecule has 3 aromatic rings. The fourth-order valence-electron chi connectivity index (χ4n) is 2.67. The minimum absolute atomic E-state index is 0.197. The number of carbonyl (C=O) groups excluding carboxylic acids is 1. The average molecular weight is 380 g/mol. The van der Waals surface area contributed by atoms with E-state index >= 15 is 0 Å². The summed E-state index contributed by atoms with van der Waals surface area (Å²) < 4.78 is 2.55. The van der Waals surface area contributed by atoms with Crippen molar-refractivity contribution in [3.63, 3.8) is 0 Å². The van der Waals surface area contributed by atoms with Gasteiger partial charge in [-0.2, -0.15) is 5.10 Å². The van der Waals surface area contributed by atoms with Gasteiger partial charge in [0.1, 0.15) is 16.3 Å². The number of rotatable bonds is 4. The topological polar surface area (TPSA) is 81.8 Å². The van der Waals surface area contributed by atoms with Crippen molar-refractivity contribution < 1.29 is 4.79 Å². The molecule has 0 aromatic carbocycles. The Balaban J connectivity index is 2.03. The number of hydrogen-bond donors (Lipinski definition) is 1. The van der Waals surface area contributed by atoms with E-state index in [2.05, 4.69) is 22.4 Å². The van der Waals surface area contributed by atoms with E-state index in [-0.39, 0.29) is 16.3 Å². The van der Waals surface area contributed by atoms with E-state index in [1.54, 1.807) is 20.9 Å². The van der Waals surface area contributed by atoms with Gasteiger partial charge in [0.05, 0.1) is 16.1 Å². The third-order valence-corrected chi connectivity index (χ3v) is 5.40. The van der Waals surface area contributed by atoms with Gasteiger partial charge in [-0.3, -0.25) is 19.7 Å². The number of hydrogen-bond acceptors (Lipinski definition) is 5. The highest BCUT2D eigenvalue weighted by molar-refractivity contribution is 7.18. The minimum Gasteiger partial charge on any atom is -0.267 e. The van der Waals surface area contributed by atoms with Crippen molar-refractivity contribution >= 4 is 39.1 Å². The Hall–Kier alpha value is -2.19. The first kappa shape index (κ1) is 17.6. The molecule has 1 amide bonds. The van der Waals surface area contributed by atoms with Crippen molar-refractivity contribution in [2.75, 3.05) is 5.43 Å². The highest BCUT2D eigenvalue weighted by Gasteiger charge is 2.21. The zero-order chi connectivity index (χ0) is 18.3. The van der Waals surface area contributed by atoms with Crippen molar-refractivity contribution in [1.82, 2.24) is 19.4 Å². The molecule has 7 nitrogen and oxygen atoms in total. The van der Waals surface area contributed by atoms with Gasteiger partial charge in [-0.25, -0.2) is 9.66 Å². The third-order valence-electron chi connectivity index (χ3n) is 3.86. The molecule has 0 aliphatic carbocycles. The van der Waals surface area contributed by atoms with Gasteiger partial charge < -0.3 is 0 Å². The molecule has 0 aliphatic heterocycles. The molecule has 132 valence electrons. The van der Waals surface area contributed by atoms with Crippen LogP contribution in [0.4, 0.5) is 0 Å². The number of halogens is 1. The van der Waals surface area contributed by atoms with Crippen LogP contribution < -0.4 is 11.0 Å². The number of amides is 1. The van der Waals surface area contributed by atoms with Crippen LogP contribution in [0.3, 0.4) is 0 Å². The largest absolute Gasteiger partial charge is 0.290 e. The summed E-state index contributed by atoms with van der Waals surface area (Å²) in [5.41, 5.74) is 3.03. The van der Waals surface area contributed by atoms with Gasteiger partial charge in [-0.15, -0.1) is 11.3 Å². The fourth-order valence-corrected chi connectivity index (χ4v) is 4.08. The lowest BCUT2D eigenvalue weighted by Gasteiger charge is -2.11. The van der Waals surface area contributed by atoms with Crippen molar-refractivity contribution in [3.05, 3.63) is 43.5 Å². The molecule has 0 unspecified atom stereocenters. The number of thiophene rings is 1. The molecule has 0 aliphatic rings. The molecular formula is C16H18ClN5O2S. The summed E-state index contributed by atoms with van der Waals surface area (Å²) in [5.74, 6) is -0.103. The summed E-state index contributed by atoms with van der Waals surface area (Å²) in [6, 6.07) is 1.85. The maximum Gasteiger partial charge on any atom is 0.290 e. The Labute approximate surface area is 153 Å². The summed E-state index contributed by atoms with van der Waals surface area (Å²) in [4.78, 5) is 31.6. The highest BCUT2D eigenvalue weighted by Crippen LogP contribution is 2.23. The van der Waals surface area contributed by atoms with Gasteiger partial charge in [-0.1, -0.05) is 24.9 Å².